The van der Waals surface area contributed by atoms with E-state index in [1.807, 2.05) is 0 Å². The predicted octanol–water partition coefficient (Wildman–Crippen LogP) is 2.81. The van der Waals surface area contributed by atoms with Crippen LogP contribution >= 0.6 is 0 Å². The number of rotatable bonds is 2. The van der Waals surface area contributed by atoms with Crippen molar-refractivity contribution in [3.63, 3.8) is 0 Å². The summed E-state index contributed by atoms with van der Waals surface area (Å²) >= 11 is 0. The zero-order valence-electron chi connectivity index (χ0n) is 17.1. The molecule has 1 aliphatic carbocycles. The lowest BCUT2D eigenvalue weighted by atomic mass is 9.76. The molecule has 4 atom stereocenters. The largest absolute Gasteiger partial charge is 0.493 e. The van der Waals surface area contributed by atoms with Crippen LogP contribution in [0, 0.1) is 5.41 Å². The van der Waals surface area contributed by atoms with E-state index in [-0.39, 0.29) is 24.0 Å². The van der Waals surface area contributed by atoms with Gasteiger partial charge in [-0.15, -0.1) is 0 Å². The van der Waals surface area contributed by atoms with Crippen LogP contribution in [0.5, 0.6) is 28.7 Å². The van der Waals surface area contributed by atoms with Crippen molar-refractivity contribution in [2.45, 2.75) is 37.6 Å². The van der Waals surface area contributed by atoms with Crippen molar-refractivity contribution in [3.8, 4) is 28.7 Å². The van der Waals surface area contributed by atoms with Crippen molar-refractivity contribution in [1.82, 2.24) is 0 Å². The number of ether oxygens (including phenoxy) is 5. The zero-order valence-corrected chi connectivity index (χ0v) is 17.1. The second-order valence-corrected chi connectivity index (χ2v) is 8.91. The molecule has 1 fully saturated rings. The number of carbonyl (C=O) groups is 1. The third kappa shape index (κ3) is 1.92. The van der Waals surface area contributed by atoms with E-state index in [1.165, 1.54) is 14.2 Å². The number of hydrogen-bond acceptors (Lipinski definition) is 7. The second-order valence-electron chi connectivity index (χ2n) is 8.91. The fourth-order valence-corrected chi connectivity index (χ4v) is 5.23. The summed E-state index contributed by atoms with van der Waals surface area (Å²) in [5.74, 6) is 2.28. The third-order valence-corrected chi connectivity index (χ3v) is 7.05. The van der Waals surface area contributed by atoms with E-state index in [4.69, 9.17) is 23.7 Å². The van der Waals surface area contributed by atoms with Gasteiger partial charge in [-0.2, -0.15) is 0 Å². The third-order valence-electron chi connectivity index (χ3n) is 7.05. The van der Waals surface area contributed by atoms with Gasteiger partial charge in [0.1, 0.15) is 30.0 Å². The summed E-state index contributed by atoms with van der Waals surface area (Å²) in [6.07, 6.45) is -0.783. The molecule has 0 bridgehead atoms. The number of Topliss-reactive ketones (excluding diaryl/α,β-unsaturated/α-hetero) is 1. The van der Waals surface area contributed by atoms with Crippen molar-refractivity contribution >= 4 is 5.78 Å². The molecule has 1 saturated carbocycles. The summed E-state index contributed by atoms with van der Waals surface area (Å²) in [5.41, 5.74) is -0.278. The van der Waals surface area contributed by atoms with Crippen molar-refractivity contribution in [2.24, 2.45) is 5.41 Å². The van der Waals surface area contributed by atoms with Gasteiger partial charge in [-0.05, 0) is 18.2 Å². The zero-order chi connectivity index (χ0) is 21.0. The first-order valence-electron chi connectivity index (χ1n) is 9.99. The maximum absolute atomic E-state index is 13.7. The van der Waals surface area contributed by atoms with Gasteiger partial charge in [0.15, 0.2) is 23.2 Å². The van der Waals surface area contributed by atoms with Gasteiger partial charge >= 0.3 is 0 Å². The Balaban J connectivity index is 1.51. The van der Waals surface area contributed by atoms with Crippen LogP contribution in [0.25, 0.3) is 0 Å². The molecule has 3 aliphatic heterocycles. The Labute approximate surface area is 173 Å². The van der Waals surface area contributed by atoms with Crippen LogP contribution in [-0.4, -0.2) is 43.9 Å². The molecule has 7 heteroatoms. The van der Waals surface area contributed by atoms with Crippen molar-refractivity contribution in [3.05, 3.63) is 41.0 Å². The van der Waals surface area contributed by atoms with Gasteiger partial charge in [0.25, 0.3) is 0 Å². The van der Waals surface area contributed by atoms with E-state index in [0.717, 1.165) is 11.3 Å². The van der Waals surface area contributed by atoms with Crippen molar-refractivity contribution < 1.29 is 33.6 Å². The van der Waals surface area contributed by atoms with Crippen LogP contribution in [0.4, 0.5) is 0 Å². The molecule has 30 heavy (non-hydrogen) atoms. The van der Waals surface area contributed by atoms with E-state index in [2.05, 4.69) is 13.8 Å². The number of aliphatic hydroxyl groups is 1. The van der Waals surface area contributed by atoms with E-state index >= 15 is 0 Å². The van der Waals surface area contributed by atoms with Crippen LogP contribution in [0.2, 0.25) is 0 Å². The fourth-order valence-electron chi connectivity index (χ4n) is 5.23. The number of carbonyl (C=O) groups excluding carboxylic acids is 1. The highest BCUT2D eigenvalue weighted by Crippen LogP contribution is 2.69. The molecule has 4 aliphatic rings. The molecule has 156 valence electrons. The van der Waals surface area contributed by atoms with E-state index in [9.17, 15) is 9.90 Å². The minimum atomic E-state index is -1.88. The molecule has 0 spiro atoms. The first kappa shape index (κ1) is 17.9. The number of methoxy groups -OCH3 is 2. The molecule has 0 aromatic heterocycles. The standard InChI is InChI=1S/C23H22O7/c1-22(2)18-17-12(29-21(18)22)6-5-10-19(17)30-16-9-28-13-8-15(27-4)14(26-3)7-11(13)23(16,25)20(10)24/h5-8,16,18,21,25H,9H2,1-4H3/t16-,18+,21+,23-/m0/s1. The summed E-state index contributed by atoms with van der Waals surface area (Å²) in [5, 5.41) is 11.7. The average Bonchev–Trinajstić information content (AvgIpc) is 3.08. The number of hydrogen-bond donors (Lipinski definition) is 1. The highest BCUT2D eigenvalue weighted by Gasteiger charge is 2.67. The lowest BCUT2D eigenvalue weighted by molar-refractivity contribution is -0.0803. The summed E-state index contributed by atoms with van der Waals surface area (Å²) in [6.45, 7) is 4.32. The minimum Gasteiger partial charge on any atom is -0.493 e. The predicted molar refractivity (Wildman–Crippen MR) is 105 cm³/mol. The van der Waals surface area contributed by atoms with Crippen LogP contribution < -0.4 is 23.7 Å². The van der Waals surface area contributed by atoms with Gasteiger partial charge in [0.2, 0.25) is 5.78 Å². The highest BCUT2D eigenvalue weighted by atomic mass is 16.6. The Morgan fingerprint density at radius 2 is 1.80 bits per heavy atom. The summed E-state index contributed by atoms with van der Waals surface area (Å²) in [7, 11) is 3.02. The monoisotopic (exact) mass is 410 g/mol. The number of ketones is 1. The van der Waals surface area contributed by atoms with Crippen molar-refractivity contribution in [1.29, 1.82) is 0 Å². The number of benzene rings is 2. The Hall–Kier alpha value is -2.93. The van der Waals surface area contributed by atoms with Crippen LogP contribution in [0.3, 0.4) is 0 Å². The second kappa shape index (κ2) is 5.40. The highest BCUT2D eigenvalue weighted by molar-refractivity contribution is 6.08. The SMILES string of the molecule is COc1cc2c(cc1OC)[C@@]1(O)C(=O)c3ccc4c(c3O[C@H]1CO2)[C@@H]1[C@@H](O4)C1(C)C. The Kier molecular flexibility index (Phi) is 3.22. The first-order valence-corrected chi connectivity index (χ1v) is 9.99. The van der Waals surface area contributed by atoms with Gasteiger partial charge in [-0.1, -0.05) is 13.8 Å². The average molecular weight is 410 g/mol. The Bertz CT molecular complexity index is 1120. The summed E-state index contributed by atoms with van der Waals surface area (Å²) < 4.78 is 28.9. The van der Waals surface area contributed by atoms with Crippen molar-refractivity contribution in [2.75, 3.05) is 20.8 Å². The van der Waals surface area contributed by atoms with Gasteiger partial charge in [0.05, 0.1) is 19.8 Å². The van der Waals surface area contributed by atoms with Gasteiger partial charge < -0.3 is 28.8 Å². The maximum Gasteiger partial charge on any atom is 0.206 e. The minimum absolute atomic E-state index is 0.00185. The van der Waals surface area contributed by atoms with Gasteiger partial charge in [-0.3, -0.25) is 4.79 Å². The molecule has 1 N–H and O–H groups in total. The molecule has 3 heterocycles. The molecule has 7 nitrogen and oxygen atoms in total. The van der Waals surface area contributed by atoms with Crippen LogP contribution in [0.1, 0.15) is 41.3 Å². The normalized spacial score (nSPS) is 31.0. The van der Waals surface area contributed by atoms with E-state index in [1.54, 1.807) is 24.3 Å². The molecular formula is C23H22O7. The number of fused-ring (bicyclic) bond motifs is 8. The smallest absolute Gasteiger partial charge is 0.206 e. The van der Waals surface area contributed by atoms with Crippen LogP contribution in [-0.2, 0) is 5.60 Å². The molecule has 0 amide bonds. The molecule has 2 aromatic rings. The van der Waals surface area contributed by atoms with Gasteiger partial charge in [0, 0.05) is 28.5 Å². The molecule has 0 saturated heterocycles. The molecular weight excluding hydrogens is 388 g/mol. The quantitative estimate of drug-likeness (QED) is 0.815. The lowest BCUT2D eigenvalue weighted by Crippen LogP contribution is -2.57. The first-order chi connectivity index (χ1) is 14.3. The molecule has 0 unspecified atom stereocenters. The fraction of sp³-hybridized carbons (Fsp3) is 0.435. The lowest BCUT2D eigenvalue weighted by Gasteiger charge is -2.43. The van der Waals surface area contributed by atoms with Crippen LogP contribution in [0.15, 0.2) is 24.3 Å². The van der Waals surface area contributed by atoms with Gasteiger partial charge in [-0.25, -0.2) is 0 Å². The van der Waals surface area contributed by atoms with E-state index < -0.39 is 17.5 Å². The topological polar surface area (TPSA) is 83.5 Å². The summed E-state index contributed by atoms with van der Waals surface area (Å²) in [6, 6.07) is 6.69. The molecule has 6 rings (SSSR count). The maximum atomic E-state index is 13.7. The van der Waals surface area contributed by atoms with E-state index in [0.29, 0.717) is 34.1 Å². The Morgan fingerprint density at radius 1 is 1.07 bits per heavy atom. The Morgan fingerprint density at radius 3 is 2.53 bits per heavy atom. The summed E-state index contributed by atoms with van der Waals surface area (Å²) in [4.78, 5) is 13.7. The molecule has 0 radical (unpaired) electrons. The molecule has 2 aromatic carbocycles.